The lowest BCUT2D eigenvalue weighted by Crippen LogP contribution is -2.26. The Morgan fingerprint density at radius 3 is 2.47 bits per heavy atom. The Morgan fingerprint density at radius 1 is 1.32 bits per heavy atom. The second-order valence-corrected chi connectivity index (χ2v) is 6.84. The summed E-state index contributed by atoms with van der Waals surface area (Å²) in [6, 6.07) is 5.73. The zero-order valence-electron chi connectivity index (χ0n) is 10.6. The van der Waals surface area contributed by atoms with Gasteiger partial charge in [-0.1, -0.05) is 0 Å². The summed E-state index contributed by atoms with van der Waals surface area (Å²) < 4.78 is 26.9. The molecule has 0 radical (unpaired) electrons. The number of hydrogen-bond donors (Lipinski definition) is 2. The third-order valence-electron chi connectivity index (χ3n) is 2.53. The molecule has 0 saturated heterocycles. The highest BCUT2D eigenvalue weighted by atomic mass is 32.2. The minimum Gasteiger partial charge on any atom is -0.399 e. The zero-order valence-corrected chi connectivity index (χ0v) is 12.3. The summed E-state index contributed by atoms with van der Waals surface area (Å²) >= 11 is 1.44. The molecular formula is C12H15N3O2S2. The monoisotopic (exact) mass is 297 g/mol. The third-order valence-corrected chi connectivity index (χ3v) is 5.23. The number of sulfonamides is 1. The Kier molecular flexibility index (Phi) is 3.88. The molecule has 1 atom stereocenters. The largest absolute Gasteiger partial charge is 0.399 e. The minimum absolute atomic E-state index is 0.196. The van der Waals surface area contributed by atoms with Crippen molar-refractivity contribution < 1.29 is 8.42 Å². The maximum atomic E-state index is 12.2. The first kappa shape index (κ1) is 14.0. The molecular weight excluding hydrogens is 282 g/mol. The van der Waals surface area contributed by atoms with Gasteiger partial charge in [0.15, 0.2) is 0 Å². The standard InChI is InChI=1S/C12H15N3O2S2/c1-8-7-18-12(14-8)9(2)15-19(16,17)11-5-3-10(13)4-6-11/h3-7,9,15H,13H2,1-2H3. The van der Waals surface area contributed by atoms with Gasteiger partial charge in [0.2, 0.25) is 10.0 Å². The molecule has 0 spiro atoms. The Balaban J connectivity index is 2.19. The highest BCUT2D eigenvalue weighted by molar-refractivity contribution is 7.89. The number of anilines is 1. The first-order chi connectivity index (χ1) is 8.88. The molecule has 0 amide bonds. The lowest BCUT2D eigenvalue weighted by atomic mass is 10.3. The van der Waals surface area contributed by atoms with E-state index in [1.807, 2.05) is 12.3 Å². The Hall–Kier alpha value is -1.44. The van der Waals surface area contributed by atoms with E-state index in [0.717, 1.165) is 10.7 Å². The first-order valence-electron chi connectivity index (χ1n) is 5.68. The fraction of sp³-hybridized carbons (Fsp3) is 0.250. The zero-order chi connectivity index (χ0) is 14.0. The molecule has 0 aliphatic carbocycles. The number of aryl methyl sites for hydroxylation is 1. The van der Waals surface area contributed by atoms with E-state index in [4.69, 9.17) is 5.73 Å². The van der Waals surface area contributed by atoms with E-state index in [-0.39, 0.29) is 10.9 Å². The molecule has 1 unspecified atom stereocenters. The van der Waals surface area contributed by atoms with E-state index in [1.165, 1.54) is 23.5 Å². The van der Waals surface area contributed by atoms with Crippen molar-refractivity contribution in [3.05, 3.63) is 40.3 Å². The quantitative estimate of drug-likeness (QED) is 0.846. The maximum absolute atomic E-state index is 12.2. The molecule has 1 aromatic carbocycles. The summed E-state index contributed by atoms with van der Waals surface area (Å²) in [5.41, 5.74) is 6.96. The Morgan fingerprint density at radius 2 is 1.95 bits per heavy atom. The van der Waals surface area contributed by atoms with E-state index in [1.54, 1.807) is 19.1 Å². The predicted molar refractivity (Wildman–Crippen MR) is 76.4 cm³/mol. The van der Waals surface area contributed by atoms with Crippen molar-refractivity contribution in [1.82, 2.24) is 9.71 Å². The van der Waals surface area contributed by atoms with E-state index in [9.17, 15) is 8.42 Å². The van der Waals surface area contributed by atoms with Crippen LogP contribution in [-0.4, -0.2) is 13.4 Å². The van der Waals surface area contributed by atoms with Gasteiger partial charge in [0.25, 0.3) is 0 Å². The maximum Gasteiger partial charge on any atom is 0.241 e. The molecule has 3 N–H and O–H groups in total. The van der Waals surface area contributed by atoms with Gasteiger partial charge in [-0.2, -0.15) is 0 Å². The van der Waals surface area contributed by atoms with E-state index in [2.05, 4.69) is 9.71 Å². The third kappa shape index (κ3) is 3.31. The summed E-state index contributed by atoms with van der Waals surface area (Å²) in [4.78, 5) is 4.47. The minimum atomic E-state index is -3.55. The number of nitrogen functional groups attached to an aromatic ring is 1. The van der Waals surface area contributed by atoms with Crippen molar-refractivity contribution in [1.29, 1.82) is 0 Å². The van der Waals surface area contributed by atoms with Crippen molar-refractivity contribution in [2.75, 3.05) is 5.73 Å². The topological polar surface area (TPSA) is 85.1 Å². The van der Waals surface area contributed by atoms with Gasteiger partial charge in [0.1, 0.15) is 5.01 Å². The van der Waals surface area contributed by atoms with Crippen LogP contribution >= 0.6 is 11.3 Å². The Labute approximate surface area is 116 Å². The summed E-state index contributed by atoms with van der Waals surface area (Å²) in [5.74, 6) is 0. The fourth-order valence-corrected chi connectivity index (χ4v) is 3.66. The lowest BCUT2D eigenvalue weighted by molar-refractivity contribution is 0.566. The molecule has 19 heavy (non-hydrogen) atoms. The average Bonchev–Trinajstić information content (AvgIpc) is 2.76. The molecule has 2 rings (SSSR count). The van der Waals surface area contributed by atoms with Crippen LogP contribution in [0.25, 0.3) is 0 Å². The van der Waals surface area contributed by atoms with Crippen LogP contribution < -0.4 is 10.5 Å². The van der Waals surface area contributed by atoms with Gasteiger partial charge >= 0.3 is 0 Å². The highest BCUT2D eigenvalue weighted by Gasteiger charge is 2.19. The number of hydrogen-bond acceptors (Lipinski definition) is 5. The number of thiazole rings is 1. The number of nitrogens with one attached hydrogen (secondary N) is 1. The number of nitrogens with two attached hydrogens (primary N) is 1. The molecule has 0 aliphatic heterocycles. The van der Waals surface area contributed by atoms with E-state index >= 15 is 0 Å². The van der Waals surface area contributed by atoms with Gasteiger partial charge in [0, 0.05) is 16.8 Å². The normalized spacial score (nSPS) is 13.4. The molecule has 2 aromatic rings. The Bertz CT molecular complexity index is 663. The van der Waals surface area contributed by atoms with Crippen LogP contribution in [0.2, 0.25) is 0 Å². The molecule has 5 nitrogen and oxygen atoms in total. The average molecular weight is 297 g/mol. The molecule has 7 heteroatoms. The lowest BCUT2D eigenvalue weighted by Gasteiger charge is -2.12. The van der Waals surface area contributed by atoms with Crippen LogP contribution in [0.3, 0.4) is 0 Å². The van der Waals surface area contributed by atoms with Crippen LogP contribution in [-0.2, 0) is 10.0 Å². The van der Waals surface area contributed by atoms with E-state index in [0.29, 0.717) is 5.69 Å². The first-order valence-corrected chi connectivity index (χ1v) is 8.04. The van der Waals surface area contributed by atoms with Crippen LogP contribution in [0.5, 0.6) is 0 Å². The molecule has 102 valence electrons. The van der Waals surface area contributed by atoms with Gasteiger partial charge in [-0.3, -0.25) is 0 Å². The highest BCUT2D eigenvalue weighted by Crippen LogP contribution is 2.20. The summed E-state index contributed by atoms with van der Waals surface area (Å²) in [5, 5.41) is 2.64. The van der Waals surface area contributed by atoms with Crippen molar-refractivity contribution in [2.24, 2.45) is 0 Å². The van der Waals surface area contributed by atoms with Gasteiger partial charge in [0.05, 0.1) is 10.9 Å². The number of aromatic nitrogens is 1. The van der Waals surface area contributed by atoms with Crippen LogP contribution in [0, 0.1) is 6.92 Å². The van der Waals surface area contributed by atoms with Gasteiger partial charge in [-0.05, 0) is 38.1 Å². The molecule has 0 aliphatic rings. The van der Waals surface area contributed by atoms with Crippen LogP contribution in [0.4, 0.5) is 5.69 Å². The molecule has 0 fully saturated rings. The number of nitrogens with zero attached hydrogens (tertiary/aromatic N) is 1. The summed E-state index contributed by atoms with van der Waals surface area (Å²) in [6.07, 6.45) is 0. The van der Waals surface area contributed by atoms with E-state index < -0.39 is 10.0 Å². The molecule has 1 aromatic heterocycles. The molecule has 1 heterocycles. The van der Waals surface area contributed by atoms with Gasteiger partial charge in [-0.15, -0.1) is 11.3 Å². The smallest absolute Gasteiger partial charge is 0.241 e. The van der Waals surface area contributed by atoms with Gasteiger partial charge in [-0.25, -0.2) is 18.1 Å². The second-order valence-electron chi connectivity index (χ2n) is 4.24. The van der Waals surface area contributed by atoms with Crippen LogP contribution in [0.1, 0.15) is 23.7 Å². The predicted octanol–water partition coefficient (Wildman–Crippen LogP) is 2.07. The van der Waals surface area contributed by atoms with Crippen molar-refractivity contribution in [3.8, 4) is 0 Å². The SMILES string of the molecule is Cc1csc(C(C)NS(=O)(=O)c2ccc(N)cc2)n1. The van der Waals surface area contributed by atoms with Crippen molar-refractivity contribution in [2.45, 2.75) is 24.8 Å². The van der Waals surface area contributed by atoms with Crippen molar-refractivity contribution in [3.63, 3.8) is 0 Å². The van der Waals surface area contributed by atoms with Crippen LogP contribution in [0.15, 0.2) is 34.5 Å². The van der Waals surface area contributed by atoms with Gasteiger partial charge < -0.3 is 5.73 Å². The number of benzene rings is 1. The second kappa shape index (κ2) is 5.28. The van der Waals surface area contributed by atoms with Crippen molar-refractivity contribution >= 4 is 27.0 Å². The molecule has 0 bridgehead atoms. The molecule has 0 saturated carbocycles. The summed E-state index contributed by atoms with van der Waals surface area (Å²) in [6.45, 7) is 3.65. The fourth-order valence-electron chi connectivity index (χ4n) is 1.57. The summed E-state index contributed by atoms with van der Waals surface area (Å²) in [7, 11) is -3.55. The number of rotatable bonds is 4.